The van der Waals surface area contributed by atoms with Gasteiger partial charge in [0.2, 0.25) is 5.91 Å². The van der Waals surface area contributed by atoms with E-state index in [1.807, 2.05) is 29.2 Å². The fourth-order valence-corrected chi connectivity index (χ4v) is 3.96. The molecule has 2 fully saturated rings. The van der Waals surface area contributed by atoms with Crippen molar-refractivity contribution in [2.24, 2.45) is 5.41 Å². The maximum Gasteiger partial charge on any atom is 0.253 e. The highest BCUT2D eigenvalue weighted by atomic mass is 16.3. The van der Waals surface area contributed by atoms with E-state index in [1.54, 1.807) is 11.0 Å². The number of nitrogens with zero attached hydrogens (tertiary/aromatic N) is 2. The number of benzene rings is 1. The van der Waals surface area contributed by atoms with Crippen LogP contribution in [-0.2, 0) is 4.79 Å². The molecule has 2 amide bonds. The van der Waals surface area contributed by atoms with Crippen LogP contribution < -0.4 is 4.90 Å². The van der Waals surface area contributed by atoms with Crippen molar-refractivity contribution in [2.45, 2.75) is 32.1 Å². The van der Waals surface area contributed by atoms with Gasteiger partial charge in [0, 0.05) is 42.7 Å². The van der Waals surface area contributed by atoms with E-state index >= 15 is 0 Å². The van der Waals surface area contributed by atoms with Crippen LogP contribution in [0.15, 0.2) is 36.9 Å². The number of rotatable bonds is 5. The fraction of sp³-hybridized carbons (Fsp3) is 0.500. The highest BCUT2D eigenvalue weighted by molar-refractivity contribution is 5.99. The second-order valence-electron chi connectivity index (χ2n) is 7.18. The Hall–Kier alpha value is -2.14. The Morgan fingerprint density at radius 2 is 2.16 bits per heavy atom. The summed E-state index contributed by atoms with van der Waals surface area (Å²) < 4.78 is 0. The molecule has 2 aliphatic heterocycles. The molecular weight excluding hydrogens is 316 g/mol. The number of anilines is 1. The molecule has 2 saturated heterocycles. The van der Waals surface area contributed by atoms with Gasteiger partial charge < -0.3 is 14.9 Å². The van der Waals surface area contributed by atoms with Gasteiger partial charge in [0.05, 0.1) is 6.61 Å². The van der Waals surface area contributed by atoms with Gasteiger partial charge in [-0.3, -0.25) is 9.59 Å². The Morgan fingerprint density at radius 1 is 1.32 bits per heavy atom. The highest BCUT2D eigenvalue weighted by Crippen LogP contribution is 2.34. The first kappa shape index (κ1) is 17.7. The van der Waals surface area contributed by atoms with Gasteiger partial charge in [-0.05, 0) is 43.9 Å². The standard InChI is InChI=1S/C20H26N2O3/c1-2-9-20(15-23)10-5-11-21(14-20)19(25)16-6-3-7-17(13-16)22-12-4-8-18(22)24/h2-3,6-7,13,23H,1,4-5,8-12,14-15H2. The molecule has 1 unspecified atom stereocenters. The number of amides is 2. The van der Waals surface area contributed by atoms with E-state index in [0.717, 1.165) is 24.9 Å². The number of piperidine rings is 1. The molecular formula is C20H26N2O3. The van der Waals surface area contributed by atoms with E-state index in [2.05, 4.69) is 6.58 Å². The Kier molecular flexibility index (Phi) is 5.23. The zero-order chi connectivity index (χ0) is 17.9. The summed E-state index contributed by atoms with van der Waals surface area (Å²) in [7, 11) is 0. The largest absolute Gasteiger partial charge is 0.396 e. The van der Waals surface area contributed by atoms with Crippen LogP contribution in [0.25, 0.3) is 0 Å². The smallest absolute Gasteiger partial charge is 0.253 e. The molecule has 0 radical (unpaired) electrons. The summed E-state index contributed by atoms with van der Waals surface area (Å²) in [5.41, 5.74) is 1.12. The minimum atomic E-state index is -0.280. The molecule has 0 aliphatic carbocycles. The Balaban J connectivity index is 1.78. The van der Waals surface area contributed by atoms with Crippen molar-refractivity contribution in [3.8, 4) is 0 Å². The first-order chi connectivity index (χ1) is 12.1. The van der Waals surface area contributed by atoms with Crippen molar-refractivity contribution in [1.29, 1.82) is 0 Å². The third-order valence-corrected chi connectivity index (χ3v) is 5.34. The quantitative estimate of drug-likeness (QED) is 0.837. The van der Waals surface area contributed by atoms with Gasteiger partial charge >= 0.3 is 0 Å². The summed E-state index contributed by atoms with van der Waals surface area (Å²) in [4.78, 5) is 28.5. The summed E-state index contributed by atoms with van der Waals surface area (Å²) in [6.07, 6.45) is 5.75. The molecule has 2 aliphatic rings. The molecule has 3 rings (SSSR count). The number of hydrogen-bond acceptors (Lipinski definition) is 3. The molecule has 1 aromatic rings. The third kappa shape index (κ3) is 3.61. The van der Waals surface area contributed by atoms with Gasteiger partial charge in [0.25, 0.3) is 5.91 Å². The summed E-state index contributed by atoms with van der Waals surface area (Å²) in [6.45, 7) is 5.80. The van der Waals surface area contributed by atoms with Crippen molar-refractivity contribution in [3.05, 3.63) is 42.5 Å². The highest BCUT2D eigenvalue weighted by Gasteiger charge is 2.36. The van der Waals surface area contributed by atoms with Gasteiger partial charge in [-0.2, -0.15) is 0 Å². The van der Waals surface area contributed by atoms with E-state index in [4.69, 9.17) is 0 Å². The Labute approximate surface area is 148 Å². The van der Waals surface area contributed by atoms with Crippen LogP contribution >= 0.6 is 0 Å². The Morgan fingerprint density at radius 3 is 2.84 bits per heavy atom. The van der Waals surface area contributed by atoms with Crippen molar-refractivity contribution < 1.29 is 14.7 Å². The molecule has 1 aromatic carbocycles. The molecule has 1 N–H and O–H groups in total. The van der Waals surface area contributed by atoms with Crippen molar-refractivity contribution in [3.63, 3.8) is 0 Å². The fourth-order valence-electron chi connectivity index (χ4n) is 3.96. The number of aliphatic hydroxyl groups excluding tert-OH is 1. The van der Waals surface area contributed by atoms with Gasteiger partial charge in [-0.25, -0.2) is 0 Å². The summed E-state index contributed by atoms with van der Waals surface area (Å²) in [5, 5.41) is 9.83. The molecule has 0 bridgehead atoms. The molecule has 1 atom stereocenters. The summed E-state index contributed by atoms with van der Waals surface area (Å²) in [6, 6.07) is 7.33. The molecule has 0 spiro atoms. The average molecular weight is 342 g/mol. The van der Waals surface area contributed by atoms with Gasteiger partial charge in [0.15, 0.2) is 0 Å². The Bertz CT molecular complexity index is 673. The maximum atomic E-state index is 13.0. The molecule has 0 saturated carbocycles. The van der Waals surface area contributed by atoms with Crippen molar-refractivity contribution >= 4 is 17.5 Å². The number of allylic oxidation sites excluding steroid dienone is 1. The van der Waals surface area contributed by atoms with E-state index in [-0.39, 0.29) is 23.8 Å². The maximum absolute atomic E-state index is 13.0. The molecule has 134 valence electrons. The number of hydrogen-bond donors (Lipinski definition) is 1. The molecule has 5 nitrogen and oxygen atoms in total. The van der Waals surface area contributed by atoms with Crippen LogP contribution in [0.2, 0.25) is 0 Å². The lowest BCUT2D eigenvalue weighted by Gasteiger charge is -2.41. The van der Waals surface area contributed by atoms with E-state index in [1.165, 1.54) is 0 Å². The average Bonchev–Trinajstić information content (AvgIpc) is 3.07. The van der Waals surface area contributed by atoms with Crippen LogP contribution in [0.4, 0.5) is 5.69 Å². The first-order valence-electron chi connectivity index (χ1n) is 9.00. The zero-order valence-corrected chi connectivity index (χ0v) is 14.6. The van der Waals surface area contributed by atoms with Crippen molar-refractivity contribution in [1.82, 2.24) is 4.90 Å². The minimum Gasteiger partial charge on any atom is -0.396 e. The van der Waals surface area contributed by atoms with E-state index in [0.29, 0.717) is 38.0 Å². The lowest BCUT2D eigenvalue weighted by Crippen LogP contribution is -2.47. The van der Waals surface area contributed by atoms with E-state index < -0.39 is 0 Å². The molecule has 0 aromatic heterocycles. The van der Waals surface area contributed by atoms with Crippen molar-refractivity contribution in [2.75, 3.05) is 31.1 Å². The lowest BCUT2D eigenvalue weighted by atomic mass is 9.77. The lowest BCUT2D eigenvalue weighted by molar-refractivity contribution is -0.117. The predicted molar refractivity (Wildman–Crippen MR) is 97.5 cm³/mol. The third-order valence-electron chi connectivity index (χ3n) is 5.34. The number of carbonyl (C=O) groups excluding carboxylic acids is 2. The monoisotopic (exact) mass is 342 g/mol. The molecule has 2 heterocycles. The van der Waals surface area contributed by atoms with Gasteiger partial charge in [0.1, 0.15) is 0 Å². The number of carbonyl (C=O) groups is 2. The normalized spacial score (nSPS) is 23.8. The second kappa shape index (κ2) is 7.40. The minimum absolute atomic E-state index is 0.0323. The van der Waals surface area contributed by atoms with Crippen LogP contribution in [0, 0.1) is 5.41 Å². The van der Waals surface area contributed by atoms with Gasteiger partial charge in [-0.15, -0.1) is 6.58 Å². The predicted octanol–water partition coefficient (Wildman–Crippen LogP) is 2.60. The van der Waals surface area contributed by atoms with Gasteiger partial charge in [-0.1, -0.05) is 12.1 Å². The van der Waals surface area contributed by atoms with Crippen LogP contribution in [-0.4, -0.2) is 48.1 Å². The number of aliphatic hydroxyl groups is 1. The topological polar surface area (TPSA) is 60.9 Å². The zero-order valence-electron chi connectivity index (χ0n) is 14.6. The first-order valence-corrected chi connectivity index (χ1v) is 9.00. The molecule has 5 heteroatoms. The summed E-state index contributed by atoms with van der Waals surface area (Å²) >= 11 is 0. The van der Waals surface area contributed by atoms with E-state index in [9.17, 15) is 14.7 Å². The molecule has 25 heavy (non-hydrogen) atoms. The van der Waals surface area contributed by atoms with Crippen LogP contribution in [0.1, 0.15) is 42.5 Å². The SMILES string of the molecule is C=CCC1(CO)CCCN(C(=O)c2cccc(N3CCCC3=O)c2)C1. The summed E-state index contributed by atoms with van der Waals surface area (Å²) in [5.74, 6) is 0.0861. The second-order valence-corrected chi connectivity index (χ2v) is 7.18. The van der Waals surface area contributed by atoms with Crippen LogP contribution in [0.5, 0.6) is 0 Å². The van der Waals surface area contributed by atoms with Crippen LogP contribution in [0.3, 0.4) is 0 Å². The number of likely N-dealkylation sites (tertiary alicyclic amines) is 1.